The molecule has 0 unspecified atom stereocenters. The first kappa shape index (κ1) is 21.8. The van der Waals surface area contributed by atoms with Gasteiger partial charge in [0.25, 0.3) is 0 Å². The highest BCUT2D eigenvalue weighted by Gasteiger charge is 2.62. The van der Waals surface area contributed by atoms with Crippen LogP contribution in [0.25, 0.3) is 0 Å². The second-order valence-electron chi connectivity index (χ2n) is 7.13. The molecule has 0 N–H and O–H groups in total. The van der Waals surface area contributed by atoms with Crippen molar-refractivity contribution in [1.82, 2.24) is 0 Å². The fourth-order valence-corrected chi connectivity index (χ4v) is 5.77. The second kappa shape index (κ2) is 8.23. The van der Waals surface area contributed by atoms with Crippen LogP contribution >= 0.6 is 23.4 Å². The van der Waals surface area contributed by atoms with Crippen molar-refractivity contribution in [2.75, 3.05) is 19.1 Å². The Hall–Kier alpha value is -3.46. The molecule has 7 nitrogen and oxygen atoms in total. The molecule has 0 saturated carbocycles. The summed E-state index contributed by atoms with van der Waals surface area (Å²) in [5, 5.41) is 20.4. The topological polar surface area (TPSA) is 103 Å². The molecular formula is C23H16ClN3O4S. The summed E-state index contributed by atoms with van der Waals surface area (Å²) in [7, 11) is 2.39. The van der Waals surface area contributed by atoms with Gasteiger partial charge in [-0.25, -0.2) is 9.59 Å². The first-order valence-corrected chi connectivity index (χ1v) is 10.7. The number of halogens is 1. The van der Waals surface area contributed by atoms with Crippen LogP contribution < -0.4 is 4.90 Å². The van der Waals surface area contributed by atoms with E-state index in [9.17, 15) is 20.1 Å². The Labute approximate surface area is 193 Å². The summed E-state index contributed by atoms with van der Waals surface area (Å²) < 4.78 is 10.1. The summed E-state index contributed by atoms with van der Waals surface area (Å²) in [5.74, 6) is -2.68. The molecule has 2 heterocycles. The Morgan fingerprint density at radius 3 is 2.25 bits per heavy atom. The van der Waals surface area contributed by atoms with Gasteiger partial charge >= 0.3 is 11.9 Å². The summed E-state index contributed by atoms with van der Waals surface area (Å²) in [4.78, 5) is 28.5. The van der Waals surface area contributed by atoms with Crippen LogP contribution in [-0.4, -0.2) is 31.5 Å². The third kappa shape index (κ3) is 3.03. The van der Waals surface area contributed by atoms with Crippen molar-refractivity contribution in [2.24, 2.45) is 5.41 Å². The van der Waals surface area contributed by atoms with E-state index in [1.165, 1.54) is 26.0 Å². The van der Waals surface area contributed by atoms with E-state index in [4.69, 9.17) is 21.1 Å². The number of para-hydroxylation sites is 1. The Morgan fingerprint density at radius 1 is 1.03 bits per heavy atom. The van der Waals surface area contributed by atoms with Crippen LogP contribution in [0, 0.1) is 28.1 Å². The van der Waals surface area contributed by atoms with Crippen LogP contribution in [0.15, 0.2) is 64.7 Å². The zero-order chi connectivity index (χ0) is 23.0. The molecule has 0 aromatic heterocycles. The number of hydrogen-bond donors (Lipinski definition) is 0. The second-order valence-corrected chi connectivity index (χ2v) is 8.69. The van der Waals surface area contributed by atoms with E-state index < -0.39 is 28.6 Å². The van der Waals surface area contributed by atoms with Gasteiger partial charge in [-0.05, 0) is 29.8 Å². The number of nitrogens with zero attached hydrogens (tertiary/aromatic N) is 3. The Morgan fingerprint density at radius 2 is 1.66 bits per heavy atom. The molecule has 0 radical (unpaired) electrons. The first-order chi connectivity index (χ1) is 15.4. The minimum absolute atomic E-state index is 0.0529. The highest BCUT2D eigenvalue weighted by molar-refractivity contribution is 8.00. The largest absolute Gasteiger partial charge is 0.466 e. The van der Waals surface area contributed by atoms with E-state index in [0.29, 0.717) is 16.3 Å². The number of hydrogen-bond acceptors (Lipinski definition) is 8. The van der Waals surface area contributed by atoms with Gasteiger partial charge in [-0.2, -0.15) is 10.5 Å². The zero-order valence-electron chi connectivity index (χ0n) is 17.0. The lowest BCUT2D eigenvalue weighted by atomic mass is 9.66. The van der Waals surface area contributed by atoms with Crippen LogP contribution in [0.5, 0.6) is 0 Å². The molecule has 2 aliphatic rings. The number of carbonyl (C=O) groups excluding carboxylic acids is 2. The number of benzene rings is 2. The van der Waals surface area contributed by atoms with Crippen molar-refractivity contribution in [3.63, 3.8) is 0 Å². The minimum Gasteiger partial charge on any atom is -0.466 e. The maximum absolute atomic E-state index is 13.1. The Kier molecular flexibility index (Phi) is 5.60. The Balaban J connectivity index is 2.13. The number of ether oxygens (including phenoxy) is 2. The summed E-state index contributed by atoms with van der Waals surface area (Å²) in [6, 6.07) is 18.0. The van der Waals surface area contributed by atoms with Gasteiger partial charge in [0.05, 0.1) is 43.5 Å². The van der Waals surface area contributed by atoms with Crippen LogP contribution in [0.2, 0.25) is 5.02 Å². The maximum Gasteiger partial charge on any atom is 0.355 e. The first-order valence-electron chi connectivity index (χ1n) is 9.47. The quantitative estimate of drug-likeness (QED) is 0.626. The summed E-state index contributed by atoms with van der Waals surface area (Å²) >= 11 is 7.34. The number of nitriles is 2. The lowest BCUT2D eigenvalue weighted by molar-refractivity contribution is -0.140. The molecule has 0 spiro atoms. The van der Waals surface area contributed by atoms with E-state index in [1.807, 2.05) is 12.1 Å². The van der Waals surface area contributed by atoms with Gasteiger partial charge in [0.2, 0.25) is 0 Å². The number of esters is 2. The van der Waals surface area contributed by atoms with Crippen LogP contribution in [-0.2, 0) is 19.1 Å². The lowest BCUT2D eigenvalue weighted by Crippen LogP contribution is -2.53. The molecule has 4 rings (SSSR count). The fourth-order valence-electron chi connectivity index (χ4n) is 4.20. The van der Waals surface area contributed by atoms with E-state index in [1.54, 1.807) is 41.3 Å². The molecule has 32 heavy (non-hydrogen) atoms. The zero-order valence-corrected chi connectivity index (χ0v) is 18.6. The summed E-state index contributed by atoms with van der Waals surface area (Å²) in [6.45, 7) is 0. The summed E-state index contributed by atoms with van der Waals surface area (Å²) in [6.07, 6.45) is 0. The molecule has 0 fully saturated rings. The molecule has 2 aromatic carbocycles. The molecule has 2 aliphatic heterocycles. The molecule has 9 heteroatoms. The standard InChI is InChI=1S/C23H16ClN3O4S/c1-30-20(28)17-18(13-7-9-14(24)10-8-13)23(11-25,12-26)22-27(19(17)21(29)31-2)15-5-3-4-6-16(15)32-22/h3-10,18,22H,1-2H3/t18-,22-/m0/s1. The average molecular weight is 466 g/mol. The van der Waals surface area contributed by atoms with Gasteiger partial charge in [-0.1, -0.05) is 47.6 Å². The predicted molar refractivity (Wildman–Crippen MR) is 117 cm³/mol. The predicted octanol–water partition coefficient (Wildman–Crippen LogP) is 4.01. The number of fused-ring (bicyclic) bond motifs is 3. The molecule has 0 bridgehead atoms. The number of anilines is 1. The van der Waals surface area contributed by atoms with E-state index in [0.717, 1.165) is 4.90 Å². The van der Waals surface area contributed by atoms with Crippen molar-refractivity contribution >= 4 is 41.0 Å². The van der Waals surface area contributed by atoms with E-state index in [2.05, 4.69) is 12.1 Å². The van der Waals surface area contributed by atoms with Crippen LogP contribution in [0.4, 0.5) is 5.69 Å². The van der Waals surface area contributed by atoms with Gasteiger partial charge in [0, 0.05) is 9.92 Å². The van der Waals surface area contributed by atoms with Crippen molar-refractivity contribution in [3.05, 3.63) is 70.4 Å². The van der Waals surface area contributed by atoms with Crippen molar-refractivity contribution in [1.29, 1.82) is 10.5 Å². The maximum atomic E-state index is 13.1. The van der Waals surface area contributed by atoms with Crippen LogP contribution in [0.1, 0.15) is 11.5 Å². The highest BCUT2D eigenvalue weighted by atomic mass is 35.5. The van der Waals surface area contributed by atoms with Crippen molar-refractivity contribution in [3.8, 4) is 12.1 Å². The molecule has 2 atom stereocenters. The Bertz CT molecular complexity index is 1220. The van der Waals surface area contributed by atoms with Gasteiger partial charge in [0.1, 0.15) is 11.1 Å². The number of rotatable bonds is 3. The van der Waals surface area contributed by atoms with Gasteiger partial charge < -0.3 is 14.4 Å². The molecule has 2 aromatic rings. The van der Waals surface area contributed by atoms with Crippen LogP contribution in [0.3, 0.4) is 0 Å². The normalized spacial score (nSPS) is 20.5. The van der Waals surface area contributed by atoms with E-state index in [-0.39, 0.29) is 11.3 Å². The molecule has 0 amide bonds. The lowest BCUT2D eigenvalue weighted by Gasteiger charge is -2.45. The average Bonchev–Trinajstić information content (AvgIpc) is 3.22. The third-order valence-corrected chi connectivity index (χ3v) is 7.24. The number of carbonyl (C=O) groups is 2. The molecular weight excluding hydrogens is 450 g/mol. The molecule has 0 saturated heterocycles. The minimum atomic E-state index is -1.74. The molecule has 160 valence electrons. The van der Waals surface area contributed by atoms with Gasteiger partial charge in [0.15, 0.2) is 5.41 Å². The smallest absolute Gasteiger partial charge is 0.355 e. The third-order valence-electron chi connectivity index (χ3n) is 5.58. The monoisotopic (exact) mass is 465 g/mol. The summed E-state index contributed by atoms with van der Waals surface area (Å²) in [5.41, 5.74) is -0.816. The molecule has 0 aliphatic carbocycles. The SMILES string of the molecule is COC(=O)C1=C(C(=O)OC)N2c3ccccc3S[C@H]2C(C#N)(C#N)[C@H]1c1ccc(Cl)cc1. The number of methoxy groups -OCH3 is 2. The highest BCUT2D eigenvalue weighted by Crippen LogP contribution is 2.60. The van der Waals surface area contributed by atoms with Crippen molar-refractivity contribution in [2.45, 2.75) is 16.2 Å². The fraction of sp³-hybridized carbons (Fsp3) is 0.217. The van der Waals surface area contributed by atoms with Gasteiger partial charge in [-0.15, -0.1) is 0 Å². The number of thioether (sulfide) groups is 1. The van der Waals surface area contributed by atoms with Gasteiger partial charge in [-0.3, -0.25) is 0 Å². The van der Waals surface area contributed by atoms with Crippen molar-refractivity contribution < 1.29 is 19.1 Å². The van der Waals surface area contributed by atoms with E-state index >= 15 is 0 Å².